The molecule has 0 atom stereocenters. The Bertz CT molecular complexity index is 2100. The highest BCUT2D eigenvalue weighted by Gasteiger charge is 2.32. The molecule has 0 spiro atoms. The van der Waals surface area contributed by atoms with Crippen LogP contribution in [0.3, 0.4) is 0 Å². The Balaban J connectivity index is 0.000000734. The zero-order valence-electron chi connectivity index (χ0n) is 27.3. The first-order chi connectivity index (χ1) is 24.3. The molecule has 2 heterocycles. The van der Waals surface area contributed by atoms with Gasteiger partial charge in [-0.1, -0.05) is 121 Å². The highest BCUT2D eigenvalue weighted by Crippen LogP contribution is 2.52. The third kappa shape index (κ3) is 8.09. The summed E-state index contributed by atoms with van der Waals surface area (Å²) < 4.78 is 34.0. The highest BCUT2D eigenvalue weighted by molar-refractivity contribution is 8.12. The standard InChI is InChI=1S/C43H35S2.ClHO4/c1-5-15-30(16-6-1)38-28-40(32-19-9-3-10-20-32)44-42-34(23-13-25-36(38)42)27-35-24-14-26-37-39(31-17-7-2-8-18-31)29-41(45-43(35)37)33-21-11-4-12-22-33;2-1(3,4)5/h1-12,15-22,27-29H,13-14,23-26H2;(H,2,3,4,5)/q+1;/p-1. The molecule has 0 N–H and O–H groups in total. The maximum atomic E-state index is 8.49. The first kappa shape index (κ1) is 34.3. The van der Waals surface area contributed by atoms with Crippen molar-refractivity contribution >= 4 is 39.2 Å². The zero-order valence-corrected chi connectivity index (χ0v) is 29.7. The Kier molecular flexibility index (Phi) is 10.6. The summed E-state index contributed by atoms with van der Waals surface area (Å²) in [7, 11) is -4.94. The van der Waals surface area contributed by atoms with Gasteiger partial charge in [0.05, 0.1) is 0 Å². The molecule has 3 aliphatic rings. The Hall–Kier alpha value is -4.11. The summed E-state index contributed by atoms with van der Waals surface area (Å²) in [5, 5.41) is 0. The normalized spacial score (nSPS) is 16.6. The second-order valence-electron chi connectivity index (χ2n) is 12.4. The number of halogens is 1. The van der Waals surface area contributed by atoms with E-state index < -0.39 is 10.2 Å². The number of benzene rings is 4. The van der Waals surface area contributed by atoms with Crippen LogP contribution in [0.4, 0.5) is 0 Å². The van der Waals surface area contributed by atoms with Gasteiger partial charge in [-0.3, -0.25) is 0 Å². The molecular formula is C43H35ClO4S2. The van der Waals surface area contributed by atoms with Crippen LogP contribution in [0.5, 0.6) is 0 Å². The molecule has 0 radical (unpaired) electrons. The molecule has 4 nitrogen and oxygen atoms in total. The summed E-state index contributed by atoms with van der Waals surface area (Å²) in [6, 6.07) is 46.3. The van der Waals surface area contributed by atoms with Crippen LogP contribution in [-0.2, 0) is 6.42 Å². The monoisotopic (exact) mass is 714 g/mol. The Morgan fingerprint density at radius 3 is 1.76 bits per heavy atom. The fourth-order valence-electron chi connectivity index (χ4n) is 6.96. The molecule has 0 saturated carbocycles. The summed E-state index contributed by atoms with van der Waals surface area (Å²) in [5.74, 6) is 0. The number of fused-ring (bicyclic) bond motifs is 2. The van der Waals surface area contributed by atoms with Crippen molar-refractivity contribution in [2.45, 2.75) is 38.5 Å². The van der Waals surface area contributed by atoms with Crippen molar-refractivity contribution in [2.24, 2.45) is 0 Å². The van der Waals surface area contributed by atoms with E-state index in [1.54, 1.807) is 0 Å². The zero-order chi connectivity index (χ0) is 34.5. The van der Waals surface area contributed by atoms with Gasteiger partial charge in [-0.25, -0.2) is 18.6 Å². The first-order valence-electron chi connectivity index (χ1n) is 16.7. The van der Waals surface area contributed by atoms with Crippen LogP contribution in [0.15, 0.2) is 156 Å². The number of thioether (sulfide) groups is 1. The van der Waals surface area contributed by atoms with E-state index in [0.717, 1.165) is 25.7 Å². The van der Waals surface area contributed by atoms with E-state index in [1.807, 2.05) is 23.1 Å². The van der Waals surface area contributed by atoms with Crippen molar-refractivity contribution < 1.29 is 28.9 Å². The minimum atomic E-state index is -4.94. The van der Waals surface area contributed by atoms with Gasteiger partial charge in [-0.2, -0.15) is 0 Å². The molecule has 5 aromatic rings. The molecule has 7 heteroatoms. The average molecular weight is 715 g/mol. The molecule has 1 aromatic heterocycles. The molecule has 50 heavy (non-hydrogen) atoms. The summed E-state index contributed by atoms with van der Waals surface area (Å²) in [6.07, 6.45) is 12.0. The van der Waals surface area contributed by atoms with Gasteiger partial charge < -0.3 is 0 Å². The molecule has 0 saturated heterocycles. The summed E-state index contributed by atoms with van der Waals surface area (Å²) >= 11 is 3.97. The Morgan fingerprint density at radius 1 is 0.600 bits per heavy atom. The molecule has 2 aliphatic carbocycles. The second kappa shape index (κ2) is 15.4. The maximum absolute atomic E-state index is 8.49. The smallest absolute Gasteiger partial charge is 0.222 e. The summed E-state index contributed by atoms with van der Waals surface area (Å²) in [4.78, 5) is 5.65. The van der Waals surface area contributed by atoms with E-state index in [4.69, 9.17) is 18.6 Å². The first-order valence-corrected chi connectivity index (χ1v) is 19.6. The minimum Gasteiger partial charge on any atom is -0.222 e. The predicted molar refractivity (Wildman–Crippen MR) is 197 cm³/mol. The lowest BCUT2D eigenvalue weighted by Gasteiger charge is -2.29. The lowest BCUT2D eigenvalue weighted by molar-refractivity contribution is -2.00. The third-order valence-corrected chi connectivity index (χ3v) is 11.7. The van der Waals surface area contributed by atoms with Crippen LogP contribution in [-0.4, -0.2) is 0 Å². The predicted octanol–water partition coefficient (Wildman–Crippen LogP) is 8.01. The molecule has 0 bridgehead atoms. The molecule has 0 amide bonds. The molecular weight excluding hydrogens is 680 g/mol. The number of hydrogen-bond acceptors (Lipinski definition) is 5. The largest absolute Gasteiger partial charge is 0.239 e. The van der Waals surface area contributed by atoms with Crippen LogP contribution in [0, 0.1) is 10.2 Å². The van der Waals surface area contributed by atoms with Crippen molar-refractivity contribution in [3.63, 3.8) is 0 Å². The van der Waals surface area contributed by atoms with Gasteiger partial charge >= 0.3 is 0 Å². The molecule has 1 aliphatic heterocycles. The van der Waals surface area contributed by atoms with Crippen molar-refractivity contribution in [3.05, 3.63) is 177 Å². The van der Waals surface area contributed by atoms with Crippen molar-refractivity contribution in [3.8, 4) is 21.6 Å². The molecule has 250 valence electrons. The molecule has 0 fully saturated rings. The van der Waals surface area contributed by atoms with Gasteiger partial charge in [-0.15, -0.1) is 10.2 Å². The van der Waals surface area contributed by atoms with E-state index in [-0.39, 0.29) is 0 Å². The van der Waals surface area contributed by atoms with Crippen LogP contribution in [0.1, 0.15) is 53.7 Å². The van der Waals surface area contributed by atoms with Gasteiger partial charge in [0, 0.05) is 32.6 Å². The molecule has 0 unspecified atom stereocenters. The quantitative estimate of drug-likeness (QED) is 0.172. The van der Waals surface area contributed by atoms with Crippen LogP contribution < -0.4 is 18.6 Å². The highest BCUT2D eigenvalue weighted by atomic mass is 35.7. The Morgan fingerprint density at radius 2 is 1.14 bits per heavy atom. The van der Waals surface area contributed by atoms with E-state index >= 15 is 0 Å². The second-order valence-corrected chi connectivity index (χ2v) is 15.3. The number of rotatable bonds is 5. The SMILES string of the molecule is C1=C(c2ccccc2)SC2=C(/C=C3\CCCc4c(-c5ccccc5)cc(-c5ccccc5)[s+]c43)CCCC2=C1c1ccccc1.[O-][Cl+3]([O-])([O-])[O-]. The van der Waals surface area contributed by atoms with Gasteiger partial charge in [0.15, 0.2) is 0 Å². The van der Waals surface area contributed by atoms with Crippen LogP contribution in [0.25, 0.3) is 37.6 Å². The third-order valence-electron chi connectivity index (χ3n) is 9.14. The lowest BCUT2D eigenvalue weighted by Crippen LogP contribution is -2.68. The van der Waals surface area contributed by atoms with E-state index in [2.05, 4.69) is 140 Å². The van der Waals surface area contributed by atoms with Gasteiger partial charge in [0.25, 0.3) is 0 Å². The fourth-order valence-corrected chi connectivity index (χ4v) is 9.52. The van der Waals surface area contributed by atoms with Crippen molar-refractivity contribution in [2.75, 3.05) is 0 Å². The van der Waals surface area contributed by atoms with Crippen LogP contribution >= 0.6 is 23.1 Å². The van der Waals surface area contributed by atoms with E-state index in [0.29, 0.717) is 0 Å². The lowest BCUT2D eigenvalue weighted by atomic mass is 9.84. The summed E-state index contributed by atoms with van der Waals surface area (Å²) in [5.41, 5.74) is 14.1. The van der Waals surface area contributed by atoms with Gasteiger partial charge in [0.1, 0.15) is 0 Å². The Labute approximate surface area is 303 Å². The maximum Gasteiger partial charge on any atom is 0.239 e. The van der Waals surface area contributed by atoms with Gasteiger partial charge in [0.2, 0.25) is 21.1 Å². The fraction of sp³-hybridized carbons (Fsp3) is 0.140. The van der Waals surface area contributed by atoms with E-state index in [1.165, 1.54) is 88.1 Å². The van der Waals surface area contributed by atoms with Gasteiger partial charge in [-0.05, 0) is 102 Å². The molecule has 4 aromatic carbocycles. The topological polar surface area (TPSA) is 92.2 Å². The average Bonchev–Trinajstić information content (AvgIpc) is 3.15. The number of allylic oxidation sites excluding steroid dienone is 6. The van der Waals surface area contributed by atoms with Crippen LogP contribution in [0.2, 0.25) is 0 Å². The van der Waals surface area contributed by atoms with E-state index in [9.17, 15) is 0 Å². The van der Waals surface area contributed by atoms with Crippen molar-refractivity contribution in [1.82, 2.24) is 0 Å². The molecule has 8 rings (SSSR count). The van der Waals surface area contributed by atoms with Crippen molar-refractivity contribution in [1.29, 1.82) is 0 Å². The number of hydrogen-bond donors (Lipinski definition) is 0. The summed E-state index contributed by atoms with van der Waals surface area (Å²) in [6.45, 7) is 0. The minimum absolute atomic E-state index is 1.13.